The van der Waals surface area contributed by atoms with Gasteiger partial charge >= 0.3 is 0 Å². The van der Waals surface area contributed by atoms with E-state index in [2.05, 4.69) is 11.4 Å². The number of aryl methyl sites for hydroxylation is 2. The lowest BCUT2D eigenvalue weighted by atomic mass is 9.87. The van der Waals surface area contributed by atoms with Crippen LogP contribution in [0.1, 0.15) is 40.4 Å². The Balaban J connectivity index is 1.62. The summed E-state index contributed by atoms with van der Waals surface area (Å²) < 4.78 is 26.8. The first-order valence-corrected chi connectivity index (χ1v) is 10.6. The van der Waals surface area contributed by atoms with Gasteiger partial charge in [0.15, 0.2) is 5.78 Å². The van der Waals surface area contributed by atoms with Gasteiger partial charge in [0.05, 0.1) is 18.0 Å². The molecule has 3 aromatic carbocycles. The second kappa shape index (κ2) is 8.91. The van der Waals surface area contributed by atoms with Gasteiger partial charge in [-0.2, -0.15) is 0 Å². The number of nitrogens with one attached hydrogen (secondary N) is 1. The van der Waals surface area contributed by atoms with Gasteiger partial charge < -0.3 is 11.1 Å². The van der Waals surface area contributed by atoms with E-state index in [-0.39, 0.29) is 17.8 Å². The van der Waals surface area contributed by atoms with Gasteiger partial charge in [0.2, 0.25) is 5.91 Å². The molecule has 0 aliphatic heterocycles. The maximum Gasteiger partial charge on any atom is 0.225 e. The fourth-order valence-corrected chi connectivity index (χ4v) is 4.37. The van der Waals surface area contributed by atoms with Gasteiger partial charge in [-0.3, -0.25) is 9.59 Å². The van der Waals surface area contributed by atoms with E-state index in [0.29, 0.717) is 11.3 Å². The van der Waals surface area contributed by atoms with E-state index in [1.54, 1.807) is 13.0 Å². The van der Waals surface area contributed by atoms with Gasteiger partial charge in [-0.25, -0.2) is 8.78 Å². The third-order valence-electron chi connectivity index (χ3n) is 5.81. The minimum atomic E-state index is -0.856. The van der Waals surface area contributed by atoms with E-state index < -0.39 is 23.6 Å². The Bertz CT molecular complexity index is 1190. The quantitative estimate of drug-likeness (QED) is 0.454. The highest BCUT2D eigenvalue weighted by atomic mass is 19.1. The normalized spacial score (nSPS) is 13.5. The molecule has 1 aliphatic rings. The smallest absolute Gasteiger partial charge is 0.225 e. The maximum atomic E-state index is 13.4. The Kier molecular flexibility index (Phi) is 6.04. The van der Waals surface area contributed by atoms with Crippen molar-refractivity contribution in [3.63, 3.8) is 0 Å². The Hall–Kier alpha value is -3.54. The van der Waals surface area contributed by atoms with Crippen molar-refractivity contribution >= 4 is 17.4 Å². The number of nitrogen functional groups attached to an aromatic ring is 1. The first-order chi connectivity index (χ1) is 15.3. The van der Waals surface area contributed by atoms with Crippen LogP contribution in [0.25, 0.3) is 11.1 Å². The molecule has 3 N–H and O–H groups in total. The van der Waals surface area contributed by atoms with Crippen molar-refractivity contribution in [2.45, 2.75) is 38.6 Å². The van der Waals surface area contributed by atoms with Crippen molar-refractivity contribution in [3.05, 3.63) is 88.5 Å². The zero-order valence-electron chi connectivity index (χ0n) is 17.8. The molecular weight excluding hydrogens is 410 g/mol. The highest BCUT2D eigenvalue weighted by Gasteiger charge is 2.27. The standard InChI is InChI=1S/C26H24F2N2O2/c1-15(30-23(31)13-16-11-19(27)14-20(28)12-16)26(32)25-22(29)10-9-18-7-4-6-17-5-2-3-8-21(17)24(18)25/h2-3,5,8-12,14-15H,4,6-7,13,29H2,1H3,(H,30,31)/t15-/m0/s1. The Morgan fingerprint density at radius 2 is 1.69 bits per heavy atom. The van der Waals surface area contributed by atoms with Crippen molar-refractivity contribution in [2.75, 3.05) is 5.73 Å². The number of nitrogens with two attached hydrogens (primary N) is 1. The zero-order chi connectivity index (χ0) is 22.8. The molecule has 4 nitrogen and oxygen atoms in total. The molecule has 1 amide bonds. The minimum Gasteiger partial charge on any atom is -0.398 e. The first kappa shape index (κ1) is 21.7. The fraction of sp³-hybridized carbons (Fsp3) is 0.231. The average Bonchev–Trinajstić information content (AvgIpc) is 2.92. The highest BCUT2D eigenvalue weighted by Crippen LogP contribution is 2.38. The molecule has 164 valence electrons. The van der Waals surface area contributed by atoms with E-state index in [4.69, 9.17) is 5.73 Å². The largest absolute Gasteiger partial charge is 0.398 e. The van der Waals surface area contributed by atoms with Crippen molar-refractivity contribution in [1.82, 2.24) is 5.32 Å². The second-order valence-corrected chi connectivity index (χ2v) is 8.18. The van der Waals surface area contributed by atoms with E-state index in [9.17, 15) is 18.4 Å². The predicted octanol–water partition coefficient (Wildman–Crippen LogP) is 4.63. The Morgan fingerprint density at radius 3 is 2.44 bits per heavy atom. The molecule has 0 aromatic heterocycles. The maximum absolute atomic E-state index is 13.4. The molecule has 0 saturated heterocycles. The summed E-state index contributed by atoms with van der Waals surface area (Å²) in [5.74, 6) is -2.31. The molecule has 0 radical (unpaired) electrons. The van der Waals surface area contributed by atoms with Gasteiger partial charge in [0, 0.05) is 11.8 Å². The van der Waals surface area contributed by atoms with Crippen LogP contribution in [0.4, 0.5) is 14.5 Å². The number of fused-ring (bicyclic) bond motifs is 3. The number of rotatable bonds is 5. The molecule has 0 unspecified atom stereocenters. The molecule has 0 saturated carbocycles. The van der Waals surface area contributed by atoms with E-state index in [1.807, 2.05) is 24.3 Å². The lowest BCUT2D eigenvalue weighted by Crippen LogP contribution is -2.39. The molecule has 3 aromatic rings. The molecule has 32 heavy (non-hydrogen) atoms. The molecule has 0 fully saturated rings. The number of halogens is 2. The number of hydrogen-bond acceptors (Lipinski definition) is 3. The minimum absolute atomic E-state index is 0.196. The molecule has 1 aliphatic carbocycles. The van der Waals surface area contributed by atoms with Crippen LogP contribution in [0, 0.1) is 11.6 Å². The van der Waals surface area contributed by atoms with Crippen LogP contribution in [0.3, 0.4) is 0 Å². The van der Waals surface area contributed by atoms with E-state index in [0.717, 1.165) is 59.7 Å². The van der Waals surface area contributed by atoms with Crippen LogP contribution in [-0.2, 0) is 24.1 Å². The van der Waals surface area contributed by atoms with Gasteiger partial charge in [-0.15, -0.1) is 0 Å². The molecule has 0 spiro atoms. The summed E-state index contributed by atoms with van der Waals surface area (Å²) >= 11 is 0. The fourth-order valence-electron chi connectivity index (χ4n) is 4.37. The SMILES string of the molecule is C[C@H](NC(=O)Cc1cc(F)cc(F)c1)C(=O)c1c(N)ccc2c1-c1ccccc1CCC2. The summed E-state index contributed by atoms with van der Waals surface area (Å²) in [5.41, 5.74) is 11.3. The number of carbonyl (C=O) groups is 2. The third-order valence-corrected chi connectivity index (χ3v) is 5.81. The topological polar surface area (TPSA) is 72.2 Å². The Morgan fingerprint density at radius 1 is 1.00 bits per heavy atom. The molecule has 6 heteroatoms. The van der Waals surface area contributed by atoms with Crippen LogP contribution >= 0.6 is 0 Å². The lowest BCUT2D eigenvalue weighted by Gasteiger charge is -2.20. The first-order valence-electron chi connectivity index (χ1n) is 10.6. The van der Waals surface area contributed by atoms with Gasteiger partial charge in [-0.05, 0) is 72.2 Å². The van der Waals surface area contributed by atoms with Crippen LogP contribution in [0.2, 0.25) is 0 Å². The van der Waals surface area contributed by atoms with Crippen LogP contribution in [0.5, 0.6) is 0 Å². The van der Waals surface area contributed by atoms with Crippen LogP contribution in [0.15, 0.2) is 54.6 Å². The van der Waals surface area contributed by atoms with Crippen molar-refractivity contribution in [1.29, 1.82) is 0 Å². The van der Waals surface area contributed by atoms with Gasteiger partial charge in [0.1, 0.15) is 11.6 Å². The molecule has 0 heterocycles. The number of ketones is 1. The van der Waals surface area contributed by atoms with Crippen LogP contribution < -0.4 is 11.1 Å². The molecule has 1 atom stereocenters. The van der Waals surface area contributed by atoms with E-state index in [1.165, 1.54) is 0 Å². The van der Waals surface area contributed by atoms with Crippen LogP contribution in [-0.4, -0.2) is 17.7 Å². The van der Waals surface area contributed by atoms with E-state index >= 15 is 0 Å². The molecule has 0 bridgehead atoms. The number of carbonyl (C=O) groups excluding carboxylic acids is 2. The third kappa shape index (κ3) is 4.40. The number of amides is 1. The molecular formula is C26H24F2N2O2. The average molecular weight is 434 g/mol. The number of hydrogen-bond donors (Lipinski definition) is 2. The summed E-state index contributed by atoms with van der Waals surface area (Å²) in [6.07, 6.45) is 2.47. The summed E-state index contributed by atoms with van der Waals surface area (Å²) in [6.45, 7) is 1.59. The highest BCUT2D eigenvalue weighted by molar-refractivity contribution is 6.11. The Labute approximate surface area is 185 Å². The molecule has 4 rings (SSSR count). The van der Waals surface area contributed by atoms with Gasteiger partial charge in [-0.1, -0.05) is 30.3 Å². The number of Topliss-reactive ketones (excluding diaryl/α,β-unsaturated/α-hetero) is 1. The van der Waals surface area contributed by atoms with Crippen molar-refractivity contribution < 1.29 is 18.4 Å². The monoisotopic (exact) mass is 434 g/mol. The predicted molar refractivity (Wildman–Crippen MR) is 120 cm³/mol. The lowest BCUT2D eigenvalue weighted by molar-refractivity contribution is -0.120. The van der Waals surface area contributed by atoms with Crippen molar-refractivity contribution in [2.24, 2.45) is 0 Å². The summed E-state index contributed by atoms with van der Waals surface area (Å²) in [4.78, 5) is 25.9. The summed E-state index contributed by atoms with van der Waals surface area (Å²) in [6, 6.07) is 13.8. The van der Waals surface area contributed by atoms with Gasteiger partial charge in [0.25, 0.3) is 0 Å². The second-order valence-electron chi connectivity index (χ2n) is 8.18. The summed E-state index contributed by atoms with van der Waals surface area (Å²) in [7, 11) is 0. The summed E-state index contributed by atoms with van der Waals surface area (Å²) in [5, 5.41) is 2.65. The number of benzene rings is 3. The number of anilines is 1. The zero-order valence-corrected chi connectivity index (χ0v) is 17.8. The van der Waals surface area contributed by atoms with Crippen molar-refractivity contribution in [3.8, 4) is 11.1 Å².